The topological polar surface area (TPSA) is 235 Å². The van der Waals surface area contributed by atoms with Gasteiger partial charge in [-0.15, -0.1) is 0 Å². The van der Waals surface area contributed by atoms with Crippen molar-refractivity contribution < 1.29 is 47.3 Å². The monoisotopic (exact) mass is 992 g/mol. The molecule has 2 aliphatic rings. The number of carbonyl (C=O) groups is 5. The molecule has 0 radical (unpaired) electrons. The Kier molecular flexibility index (Phi) is 16.0. The molecule has 2 saturated heterocycles. The summed E-state index contributed by atoms with van der Waals surface area (Å²) in [5.74, 6) is -1.43. The molecule has 6 aromatic rings. The molecular weight excluding hydrogens is 949 g/mol. The Morgan fingerprint density at radius 2 is 1.04 bits per heavy atom. The number of esters is 3. The van der Waals surface area contributed by atoms with E-state index in [0.717, 1.165) is 11.1 Å². The summed E-state index contributed by atoms with van der Waals surface area (Å²) >= 11 is 12.5. The second-order valence-corrected chi connectivity index (χ2v) is 17.2. The van der Waals surface area contributed by atoms with Gasteiger partial charge >= 0.3 is 17.9 Å². The molecule has 2 aromatic heterocycles. The molecule has 0 atom stereocenters. The number of rotatable bonds is 9. The largest absolute Gasteiger partial charge is 0.458 e. The van der Waals surface area contributed by atoms with Crippen LogP contribution in [0, 0.1) is 36.5 Å². The Bertz CT molecular complexity index is 3050. The van der Waals surface area contributed by atoms with E-state index in [9.17, 15) is 29.1 Å². The lowest BCUT2D eigenvalue weighted by molar-refractivity contribution is -0.156. The number of nitrogens with one attached hydrogen (secondary N) is 2. The Morgan fingerprint density at radius 1 is 0.657 bits per heavy atom. The smallest absolute Gasteiger partial charge is 0.310 e. The van der Waals surface area contributed by atoms with Crippen molar-refractivity contribution >= 4 is 52.9 Å². The van der Waals surface area contributed by atoms with E-state index in [4.69, 9.17) is 38.5 Å². The second kappa shape index (κ2) is 21.7. The molecule has 0 spiro atoms. The minimum atomic E-state index is -1.64. The van der Waals surface area contributed by atoms with Crippen LogP contribution in [-0.4, -0.2) is 90.7 Å². The lowest BCUT2D eigenvalue weighted by atomic mass is 9.87. The fraction of sp³-hybridized carbons (Fsp3) is 0.260. The number of nitriles is 2. The van der Waals surface area contributed by atoms with Gasteiger partial charge < -0.3 is 34.3 Å². The highest BCUT2D eigenvalue weighted by Gasteiger charge is 2.48. The van der Waals surface area contributed by atoms with Gasteiger partial charge in [-0.3, -0.25) is 24.0 Å². The Hall–Kier alpha value is -7.77. The molecule has 2 aliphatic heterocycles. The highest BCUT2D eigenvalue weighted by Crippen LogP contribution is 2.39. The van der Waals surface area contributed by atoms with Gasteiger partial charge in [-0.1, -0.05) is 59.6 Å². The van der Waals surface area contributed by atoms with Crippen LogP contribution in [0.4, 0.5) is 8.78 Å². The van der Waals surface area contributed by atoms with Crippen LogP contribution in [0.3, 0.4) is 0 Å². The second-order valence-electron chi connectivity index (χ2n) is 16.4. The predicted octanol–water partition coefficient (Wildman–Crippen LogP) is 8.11. The van der Waals surface area contributed by atoms with Crippen LogP contribution >= 0.6 is 23.2 Å². The number of amides is 2. The minimum absolute atomic E-state index is 0.0472. The van der Waals surface area contributed by atoms with Crippen LogP contribution in [-0.2, 0) is 48.4 Å². The average molecular weight is 994 g/mol. The van der Waals surface area contributed by atoms with Gasteiger partial charge in [0.15, 0.2) is 11.3 Å². The predicted molar refractivity (Wildman–Crippen MR) is 251 cm³/mol. The summed E-state index contributed by atoms with van der Waals surface area (Å²) in [6.07, 6.45) is 0. The molecule has 0 aliphatic carbocycles. The third-order valence-corrected chi connectivity index (χ3v) is 11.7. The van der Waals surface area contributed by atoms with E-state index in [0.29, 0.717) is 67.5 Å². The first-order valence-corrected chi connectivity index (χ1v) is 22.0. The fourth-order valence-electron chi connectivity index (χ4n) is 7.51. The van der Waals surface area contributed by atoms with Crippen molar-refractivity contribution in [3.05, 3.63) is 151 Å². The number of carbonyl (C=O) groups excluding carboxylic acids is 5. The van der Waals surface area contributed by atoms with Gasteiger partial charge in [0.2, 0.25) is 0 Å². The number of aliphatic hydroxyl groups excluding tert-OH is 1. The lowest BCUT2D eigenvalue weighted by Crippen LogP contribution is -2.58. The molecule has 0 saturated carbocycles. The summed E-state index contributed by atoms with van der Waals surface area (Å²) in [5, 5.41) is 27.6. The first-order chi connectivity index (χ1) is 33.2. The van der Waals surface area contributed by atoms with E-state index in [1.54, 1.807) is 84.9 Å². The number of aromatic amines is 2. The van der Waals surface area contributed by atoms with E-state index in [1.807, 2.05) is 26.0 Å². The number of likely N-dealkylation sites (tertiary alicyclic amines) is 2. The maximum atomic E-state index is 15.2. The highest BCUT2D eigenvalue weighted by molar-refractivity contribution is 6.32. The number of hydrogen-bond donors (Lipinski definition) is 3. The van der Waals surface area contributed by atoms with Crippen molar-refractivity contribution in [3.63, 3.8) is 0 Å². The summed E-state index contributed by atoms with van der Waals surface area (Å²) in [5.41, 5.74) is 3.25. The van der Waals surface area contributed by atoms with Gasteiger partial charge in [-0.05, 0) is 84.6 Å². The molecule has 3 N–H and O–H groups in total. The third kappa shape index (κ3) is 11.9. The van der Waals surface area contributed by atoms with E-state index in [-0.39, 0.29) is 61.5 Å². The van der Waals surface area contributed by atoms with Crippen molar-refractivity contribution in [3.8, 4) is 34.7 Å². The molecule has 4 aromatic carbocycles. The molecule has 70 heavy (non-hydrogen) atoms. The average Bonchev–Trinajstić information content (AvgIpc) is 3.89. The molecule has 0 bridgehead atoms. The number of H-pyrrole nitrogens is 2. The fourth-order valence-corrected chi connectivity index (χ4v) is 8.02. The van der Waals surface area contributed by atoms with Crippen molar-refractivity contribution in [2.75, 3.05) is 26.2 Å². The zero-order valence-corrected chi connectivity index (χ0v) is 39.8. The summed E-state index contributed by atoms with van der Waals surface area (Å²) in [6, 6.07) is 26.9. The first-order valence-electron chi connectivity index (χ1n) is 21.3. The molecule has 8 rings (SSSR count). The van der Waals surface area contributed by atoms with Crippen molar-refractivity contribution in [1.82, 2.24) is 29.7 Å². The Labute approximate surface area is 410 Å². The van der Waals surface area contributed by atoms with Gasteiger partial charge in [0.05, 0.1) is 49.4 Å². The SMILES string of the molecule is CC(=O)OC(C)=O.CC(=O)OCc1nc(-c2cc(C(=O)N3CC(F)(c4ccc(C#N)cc4)C3)ccc2C)c(Cl)[nH]1.Cc1ccc(C(=O)N2CC(F)(c3ccc(C#N)cc3)C2)cc1-c1nc(CO)[nH]c1Cl. The third-order valence-electron chi connectivity index (χ3n) is 11.1. The van der Waals surface area contributed by atoms with Crippen LogP contribution in [0.15, 0.2) is 84.9 Å². The van der Waals surface area contributed by atoms with E-state index in [1.165, 1.54) is 30.6 Å². The molecule has 0 unspecified atom stereocenters. The summed E-state index contributed by atoms with van der Waals surface area (Å²) < 4.78 is 39.3. The number of aromatic nitrogens is 4. The minimum Gasteiger partial charge on any atom is -0.458 e. The first kappa shape index (κ1) is 51.6. The van der Waals surface area contributed by atoms with Crippen molar-refractivity contribution in [1.29, 1.82) is 10.5 Å². The zero-order valence-electron chi connectivity index (χ0n) is 38.3. The number of halogens is 4. The van der Waals surface area contributed by atoms with Gasteiger partial charge in [0.1, 0.15) is 46.6 Å². The molecule has 20 heteroatoms. The lowest BCUT2D eigenvalue weighted by Gasteiger charge is -2.44. The van der Waals surface area contributed by atoms with E-state index in [2.05, 4.69) is 24.7 Å². The maximum absolute atomic E-state index is 15.2. The Morgan fingerprint density at radius 3 is 1.37 bits per heavy atom. The normalized spacial score (nSPS) is 13.9. The van der Waals surface area contributed by atoms with Crippen LogP contribution in [0.2, 0.25) is 10.3 Å². The molecule has 360 valence electrons. The van der Waals surface area contributed by atoms with Gasteiger partial charge in [-0.25, -0.2) is 18.7 Å². The number of nitrogens with zero attached hydrogens (tertiary/aromatic N) is 6. The number of imidazole rings is 2. The number of aliphatic hydroxyl groups is 1. The van der Waals surface area contributed by atoms with Crippen LogP contribution in [0.25, 0.3) is 22.5 Å². The quantitative estimate of drug-likeness (QED) is 0.0920. The molecular formula is C50H44Cl2F2N8O8. The molecule has 4 heterocycles. The number of hydrogen-bond acceptors (Lipinski definition) is 12. The van der Waals surface area contributed by atoms with Crippen LogP contribution < -0.4 is 0 Å². The van der Waals surface area contributed by atoms with Crippen LogP contribution in [0.5, 0.6) is 0 Å². The highest BCUT2D eigenvalue weighted by atomic mass is 35.5. The summed E-state index contributed by atoms with van der Waals surface area (Å²) in [6.45, 7) is 6.81. The summed E-state index contributed by atoms with van der Waals surface area (Å²) in [4.78, 5) is 73.8. The number of aryl methyl sites for hydroxylation is 2. The standard InChI is InChI=1S/C24H20ClFN4O3.C22H18ClFN4O2.C4H6O3/c1-14-3-6-17(9-19(14)21-22(25)29-20(28-21)11-33-15(2)31)23(32)30-12-24(26,13-30)18-7-4-16(10-27)5-8-18;1-13-2-5-15(8-17(13)19-20(23)27-18(10-29)26-19)21(30)28-11-22(24,12-28)16-6-3-14(9-25)4-7-16;1-3(5)7-4(2)6/h3-9H,11-13H2,1-2H3,(H,28,29);2-8,29H,10-12H2,1H3,(H,26,27);1-2H3. The van der Waals surface area contributed by atoms with Gasteiger partial charge in [0.25, 0.3) is 11.8 Å². The maximum Gasteiger partial charge on any atom is 0.310 e. The van der Waals surface area contributed by atoms with Crippen molar-refractivity contribution in [2.24, 2.45) is 0 Å². The molecule has 16 nitrogen and oxygen atoms in total. The number of benzene rings is 4. The van der Waals surface area contributed by atoms with Gasteiger partial charge in [0, 0.05) is 43.0 Å². The van der Waals surface area contributed by atoms with E-state index < -0.39 is 29.2 Å². The number of ether oxygens (including phenoxy) is 2. The Balaban J connectivity index is 0.000000203. The van der Waals surface area contributed by atoms with E-state index >= 15 is 8.78 Å². The van der Waals surface area contributed by atoms with Crippen molar-refractivity contribution in [2.45, 2.75) is 59.2 Å². The molecule has 2 fully saturated rings. The zero-order chi connectivity index (χ0) is 51.1. The van der Waals surface area contributed by atoms with Gasteiger partial charge in [-0.2, -0.15) is 10.5 Å². The van der Waals surface area contributed by atoms with Crippen LogP contribution in [0.1, 0.15) is 86.5 Å². The summed E-state index contributed by atoms with van der Waals surface area (Å²) in [7, 11) is 0. The number of alkyl halides is 2. The molecule has 2 amide bonds.